The number of rotatable bonds is 8. The first kappa shape index (κ1) is 39.9. The second-order valence-electron chi connectivity index (χ2n) is 18.4. The fourth-order valence-electron chi connectivity index (χ4n) is 11.9. The first-order valence-corrected chi connectivity index (χ1v) is 24.2. The highest BCUT2D eigenvalue weighted by Crippen LogP contribution is 2.66. The van der Waals surface area contributed by atoms with Gasteiger partial charge in [0.25, 0.3) is 0 Å². The molecule has 11 aromatic carbocycles. The summed E-state index contributed by atoms with van der Waals surface area (Å²) in [6.07, 6.45) is 0. The lowest BCUT2D eigenvalue weighted by Crippen LogP contribution is -2.28. The van der Waals surface area contributed by atoms with Crippen molar-refractivity contribution in [3.63, 3.8) is 0 Å². The van der Waals surface area contributed by atoms with Crippen molar-refractivity contribution in [2.24, 2.45) is 0 Å². The number of hydrogen-bond donors (Lipinski definition) is 0. The Labute approximate surface area is 408 Å². The van der Waals surface area contributed by atoms with Crippen LogP contribution in [0, 0.1) is 0 Å². The quantitative estimate of drug-likeness (QED) is 0.151. The molecule has 0 fully saturated rings. The summed E-state index contributed by atoms with van der Waals surface area (Å²) >= 11 is 0. The highest BCUT2D eigenvalue weighted by Gasteiger charge is 2.53. The summed E-state index contributed by atoms with van der Waals surface area (Å²) in [6, 6.07) is 100. The maximum atomic E-state index is 2.51. The van der Waals surface area contributed by atoms with Crippen LogP contribution >= 0.6 is 0 Å². The zero-order chi connectivity index (χ0) is 46.2. The second kappa shape index (κ2) is 16.0. The van der Waals surface area contributed by atoms with E-state index in [0.29, 0.717) is 0 Å². The Hall–Kier alpha value is -9.18. The number of anilines is 6. The average molecular weight is 892 g/mol. The smallest absolute Gasteiger partial charge is 0.0746 e. The van der Waals surface area contributed by atoms with Gasteiger partial charge in [0.1, 0.15) is 0 Å². The molecular formula is C67H45N3. The topological polar surface area (TPSA) is 11.4 Å². The van der Waals surface area contributed by atoms with Gasteiger partial charge in [-0.25, -0.2) is 0 Å². The number of para-hydroxylation sites is 4. The summed E-state index contributed by atoms with van der Waals surface area (Å²) in [5.41, 5.74) is 22.1. The first-order chi connectivity index (χ1) is 34.8. The molecule has 328 valence electrons. The number of nitrogens with zero attached hydrogens (tertiary/aromatic N) is 3. The minimum atomic E-state index is -0.640. The van der Waals surface area contributed by atoms with Crippen LogP contribution in [0.3, 0.4) is 0 Å². The molecule has 2 aliphatic carbocycles. The fourth-order valence-corrected chi connectivity index (χ4v) is 11.9. The van der Waals surface area contributed by atoms with Gasteiger partial charge in [-0.2, -0.15) is 0 Å². The molecule has 0 aliphatic heterocycles. The predicted octanol–water partition coefficient (Wildman–Crippen LogP) is 17.7. The molecule has 0 radical (unpaired) electrons. The zero-order valence-corrected chi connectivity index (χ0v) is 38.3. The van der Waals surface area contributed by atoms with Crippen molar-refractivity contribution in [1.29, 1.82) is 0 Å². The van der Waals surface area contributed by atoms with Crippen molar-refractivity contribution in [1.82, 2.24) is 4.57 Å². The number of benzene rings is 11. The third kappa shape index (κ3) is 5.95. The minimum absolute atomic E-state index is 0.640. The molecule has 3 heteroatoms. The molecule has 0 bridgehead atoms. The highest BCUT2D eigenvalue weighted by molar-refractivity contribution is 6.10. The van der Waals surface area contributed by atoms with E-state index in [0.717, 1.165) is 45.3 Å². The zero-order valence-electron chi connectivity index (χ0n) is 38.3. The van der Waals surface area contributed by atoms with E-state index >= 15 is 0 Å². The normalized spacial score (nSPS) is 14.1. The van der Waals surface area contributed by atoms with Crippen LogP contribution < -0.4 is 9.80 Å². The van der Waals surface area contributed by atoms with E-state index in [1.807, 2.05) is 0 Å². The molecule has 14 rings (SSSR count). The molecule has 0 saturated heterocycles. The van der Waals surface area contributed by atoms with Gasteiger partial charge in [-0.15, -0.1) is 0 Å². The van der Waals surface area contributed by atoms with Crippen LogP contribution in [0.5, 0.6) is 0 Å². The monoisotopic (exact) mass is 891 g/mol. The van der Waals surface area contributed by atoms with Crippen LogP contribution in [-0.4, -0.2) is 4.57 Å². The summed E-state index contributed by atoms with van der Waals surface area (Å²) in [5.74, 6) is 0. The van der Waals surface area contributed by atoms with Crippen molar-refractivity contribution >= 4 is 55.9 Å². The van der Waals surface area contributed by atoms with E-state index in [4.69, 9.17) is 0 Å². The summed E-state index contributed by atoms with van der Waals surface area (Å²) < 4.78 is 2.41. The SMILES string of the molecule is c1ccc(-c2ccc(N(c3ccc4c(c3)C3(c5ccccc5-4)c4ccccc4-c4cccc(N(c5ccccc5)c5ccccc5)c43)c3ccc4c5ccccc5n(-c5ccccc5)c4c3)cc2)cc1. The van der Waals surface area contributed by atoms with Crippen molar-refractivity contribution in [2.45, 2.75) is 5.41 Å². The van der Waals surface area contributed by atoms with E-state index in [-0.39, 0.29) is 0 Å². The lowest BCUT2D eigenvalue weighted by Gasteiger charge is -2.36. The Kier molecular flexibility index (Phi) is 9.11. The standard InChI is InChI=1S/C67H45N3/c1-5-20-46(21-6-1)47-36-38-51(39-37-47)68(53-41-43-58-57-30-15-18-34-63(57)70(65(58)45-53)50-26-11-4-12-27-50)52-40-42-56-54-28-13-16-32-60(54)67(62(56)44-52)61-33-17-14-29-55(61)59-31-19-35-64(66(59)67)69(48-22-7-2-8-23-48)49-24-9-3-10-25-49/h1-45H. The van der Waals surface area contributed by atoms with Gasteiger partial charge >= 0.3 is 0 Å². The van der Waals surface area contributed by atoms with Gasteiger partial charge < -0.3 is 14.4 Å². The molecule has 12 aromatic rings. The van der Waals surface area contributed by atoms with Crippen molar-refractivity contribution in [2.75, 3.05) is 9.80 Å². The predicted molar refractivity (Wildman–Crippen MR) is 292 cm³/mol. The Morgan fingerprint density at radius 3 is 1.47 bits per heavy atom. The van der Waals surface area contributed by atoms with E-state index in [1.54, 1.807) is 0 Å². The molecule has 0 N–H and O–H groups in total. The van der Waals surface area contributed by atoms with E-state index in [2.05, 4.69) is 287 Å². The lowest BCUT2D eigenvalue weighted by molar-refractivity contribution is 0.793. The Morgan fingerprint density at radius 2 is 0.771 bits per heavy atom. The second-order valence-corrected chi connectivity index (χ2v) is 18.4. The van der Waals surface area contributed by atoms with Crippen LogP contribution in [0.4, 0.5) is 34.1 Å². The summed E-state index contributed by atoms with van der Waals surface area (Å²) in [7, 11) is 0. The van der Waals surface area contributed by atoms with Gasteiger partial charge in [0.2, 0.25) is 0 Å². The molecule has 1 aromatic heterocycles. The minimum Gasteiger partial charge on any atom is -0.310 e. The number of hydrogen-bond acceptors (Lipinski definition) is 2. The van der Waals surface area contributed by atoms with Gasteiger partial charge in [-0.05, 0) is 135 Å². The largest absolute Gasteiger partial charge is 0.310 e. The van der Waals surface area contributed by atoms with Crippen molar-refractivity contribution in [3.05, 3.63) is 295 Å². The van der Waals surface area contributed by atoms with Crippen molar-refractivity contribution < 1.29 is 0 Å². The van der Waals surface area contributed by atoms with Crippen LogP contribution in [0.15, 0.2) is 273 Å². The molecule has 3 nitrogen and oxygen atoms in total. The molecule has 1 atom stereocenters. The highest BCUT2D eigenvalue weighted by atomic mass is 15.2. The van der Waals surface area contributed by atoms with Gasteiger partial charge in [-0.1, -0.05) is 188 Å². The molecule has 0 saturated carbocycles. The molecule has 70 heavy (non-hydrogen) atoms. The summed E-state index contributed by atoms with van der Waals surface area (Å²) in [6.45, 7) is 0. The number of fused-ring (bicyclic) bond motifs is 13. The van der Waals surface area contributed by atoms with Gasteiger partial charge in [-0.3, -0.25) is 0 Å². The summed E-state index contributed by atoms with van der Waals surface area (Å²) in [5, 5.41) is 2.46. The van der Waals surface area contributed by atoms with Crippen LogP contribution in [-0.2, 0) is 5.41 Å². The Bertz CT molecular complexity index is 3880. The summed E-state index contributed by atoms with van der Waals surface area (Å²) in [4.78, 5) is 4.92. The fraction of sp³-hybridized carbons (Fsp3) is 0.0149. The van der Waals surface area contributed by atoms with E-state index in [1.165, 1.54) is 71.9 Å². The van der Waals surface area contributed by atoms with Crippen LogP contribution in [0.2, 0.25) is 0 Å². The molecule has 1 spiro atoms. The average Bonchev–Trinajstić information content (AvgIpc) is 4.04. The molecule has 0 amide bonds. The molecule has 1 heterocycles. The van der Waals surface area contributed by atoms with Crippen LogP contribution in [0.1, 0.15) is 22.3 Å². The maximum absolute atomic E-state index is 2.51. The molecular weight excluding hydrogens is 847 g/mol. The first-order valence-electron chi connectivity index (χ1n) is 24.2. The van der Waals surface area contributed by atoms with Crippen molar-refractivity contribution in [3.8, 4) is 39.1 Å². The van der Waals surface area contributed by atoms with E-state index in [9.17, 15) is 0 Å². The molecule has 2 aliphatic rings. The maximum Gasteiger partial charge on any atom is 0.0746 e. The Morgan fingerprint density at radius 1 is 0.286 bits per heavy atom. The molecule has 1 unspecified atom stereocenters. The Balaban J connectivity index is 1.04. The van der Waals surface area contributed by atoms with Gasteiger partial charge in [0.15, 0.2) is 0 Å². The number of aromatic nitrogens is 1. The van der Waals surface area contributed by atoms with Gasteiger partial charge in [0, 0.05) is 50.5 Å². The van der Waals surface area contributed by atoms with E-state index < -0.39 is 5.41 Å². The van der Waals surface area contributed by atoms with Crippen LogP contribution in [0.25, 0.3) is 60.9 Å². The lowest BCUT2D eigenvalue weighted by atomic mass is 9.69. The third-order valence-electron chi connectivity index (χ3n) is 14.8. The third-order valence-corrected chi connectivity index (χ3v) is 14.8. The van der Waals surface area contributed by atoms with Gasteiger partial charge in [0.05, 0.1) is 22.1 Å².